The minimum absolute atomic E-state index is 0.285. The Hall–Kier alpha value is -2.74. The third kappa shape index (κ3) is 5.41. The Labute approximate surface area is 182 Å². The van der Waals surface area contributed by atoms with Gasteiger partial charge in [0.05, 0.1) is 5.69 Å². The molecular weight excluding hydrogens is 481 g/mol. The van der Waals surface area contributed by atoms with Gasteiger partial charge in [-0.05, 0) is 65.1 Å². The normalized spacial score (nSPS) is 11.0. The van der Waals surface area contributed by atoms with Crippen molar-refractivity contribution in [1.29, 1.82) is 0 Å². The summed E-state index contributed by atoms with van der Waals surface area (Å²) in [4.78, 5) is 28.0. The number of carbonyl (C=O) groups is 2. The van der Waals surface area contributed by atoms with Crippen molar-refractivity contribution in [2.24, 2.45) is 0 Å². The molecule has 3 aromatic rings. The SMILES string of the molecule is CCC(=O)Oc1ccc(I)cc1/C=C/c1ccc2cccc(OC(=O)CC)c2n1. The molecule has 3 rings (SSSR count). The number of ether oxygens (including phenoxy) is 2. The van der Waals surface area contributed by atoms with Crippen molar-refractivity contribution in [3.05, 3.63) is 63.4 Å². The average Bonchev–Trinajstić information content (AvgIpc) is 2.73. The summed E-state index contributed by atoms with van der Waals surface area (Å²) in [6, 6.07) is 14.9. The lowest BCUT2D eigenvalue weighted by molar-refractivity contribution is -0.134. The number of hydrogen-bond acceptors (Lipinski definition) is 5. The van der Waals surface area contributed by atoms with E-state index in [0.717, 1.165) is 14.5 Å². The number of carbonyl (C=O) groups excluding carboxylic acids is 2. The maximum Gasteiger partial charge on any atom is 0.310 e. The fourth-order valence-electron chi connectivity index (χ4n) is 2.62. The van der Waals surface area contributed by atoms with Crippen LogP contribution < -0.4 is 9.47 Å². The summed E-state index contributed by atoms with van der Waals surface area (Å²) in [6.45, 7) is 3.51. The Bertz CT molecular complexity index is 1090. The summed E-state index contributed by atoms with van der Waals surface area (Å²) in [6.07, 6.45) is 4.30. The van der Waals surface area contributed by atoms with Crippen LogP contribution in [0.5, 0.6) is 11.5 Å². The molecular formula is C23H20INO4. The van der Waals surface area contributed by atoms with Crippen LogP contribution in [-0.4, -0.2) is 16.9 Å². The lowest BCUT2D eigenvalue weighted by atomic mass is 10.1. The zero-order valence-corrected chi connectivity index (χ0v) is 18.3. The predicted molar refractivity (Wildman–Crippen MR) is 122 cm³/mol. The maximum absolute atomic E-state index is 11.7. The molecule has 0 aliphatic heterocycles. The van der Waals surface area contributed by atoms with Crippen molar-refractivity contribution in [3.8, 4) is 11.5 Å². The van der Waals surface area contributed by atoms with Crippen molar-refractivity contribution in [1.82, 2.24) is 4.98 Å². The number of pyridine rings is 1. The smallest absolute Gasteiger partial charge is 0.310 e. The second-order valence-electron chi connectivity index (χ2n) is 6.23. The number of esters is 2. The quantitative estimate of drug-likeness (QED) is 0.249. The molecule has 148 valence electrons. The molecule has 0 fully saturated rings. The van der Waals surface area contributed by atoms with Crippen LogP contribution in [-0.2, 0) is 9.59 Å². The molecule has 0 aliphatic carbocycles. The van der Waals surface area contributed by atoms with E-state index in [2.05, 4.69) is 27.6 Å². The van der Waals surface area contributed by atoms with Crippen LogP contribution in [0.3, 0.4) is 0 Å². The van der Waals surface area contributed by atoms with E-state index in [1.807, 2.05) is 48.6 Å². The highest BCUT2D eigenvalue weighted by atomic mass is 127. The second-order valence-corrected chi connectivity index (χ2v) is 7.48. The van der Waals surface area contributed by atoms with Gasteiger partial charge in [-0.15, -0.1) is 0 Å². The van der Waals surface area contributed by atoms with Gasteiger partial charge in [0.2, 0.25) is 0 Å². The van der Waals surface area contributed by atoms with Gasteiger partial charge in [-0.3, -0.25) is 9.59 Å². The molecule has 0 bridgehead atoms. The first-order chi connectivity index (χ1) is 14.0. The van der Waals surface area contributed by atoms with E-state index in [1.54, 1.807) is 26.0 Å². The standard InChI is InChI=1S/C23H20INO4/c1-3-21(26)28-19-13-10-17(24)14-16(19)9-12-18-11-8-15-6-5-7-20(23(15)25-18)29-22(27)4-2/h5-14H,3-4H2,1-2H3/b12-9+. The monoisotopic (exact) mass is 501 g/mol. The van der Waals surface area contributed by atoms with Gasteiger partial charge in [0.15, 0.2) is 5.75 Å². The highest BCUT2D eigenvalue weighted by molar-refractivity contribution is 14.1. The number of fused-ring (bicyclic) bond motifs is 1. The van der Waals surface area contributed by atoms with Crippen LogP contribution in [0, 0.1) is 3.57 Å². The van der Waals surface area contributed by atoms with Gasteiger partial charge in [-0.2, -0.15) is 0 Å². The van der Waals surface area contributed by atoms with Gasteiger partial charge in [-0.1, -0.05) is 32.0 Å². The Balaban J connectivity index is 1.95. The van der Waals surface area contributed by atoms with Crippen LogP contribution in [0.4, 0.5) is 0 Å². The molecule has 2 aromatic carbocycles. The Kier molecular flexibility index (Phi) is 6.98. The van der Waals surface area contributed by atoms with Gasteiger partial charge in [0.1, 0.15) is 11.3 Å². The van der Waals surface area contributed by atoms with E-state index in [0.29, 0.717) is 35.6 Å². The maximum atomic E-state index is 11.7. The van der Waals surface area contributed by atoms with Gasteiger partial charge in [0, 0.05) is 27.4 Å². The van der Waals surface area contributed by atoms with Crippen LogP contribution in [0.15, 0.2) is 48.5 Å². The summed E-state index contributed by atoms with van der Waals surface area (Å²) >= 11 is 2.21. The van der Waals surface area contributed by atoms with E-state index in [1.165, 1.54) is 0 Å². The highest BCUT2D eigenvalue weighted by Crippen LogP contribution is 2.27. The Morgan fingerprint density at radius 2 is 1.66 bits per heavy atom. The summed E-state index contributed by atoms with van der Waals surface area (Å²) in [7, 11) is 0. The molecule has 0 radical (unpaired) electrons. The number of para-hydroxylation sites is 1. The van der Waals surface area contributed by atoms with Crippen molar-refractivity contribution in [2.45, 2.75) is 26.7 Å². The molecule has 0 saturated carbocycles. The van der Waals surface area contributed by atoms with Crippen molar-refractivity contribution in [3.63, 3.8) is 0 Å². The molecule has 0 unspecified atom stereocenters. The van der Waals surface area contributed by atoms with Crippen LogP contribution in [0.2, 0.25) is 0 Å². The number of halogens is 1. The zero-order valence-electron chi connectivity index (χ0n) is 16.1. The van der Waals surface area contributed by atoms with Gasteiger partial charge in [0.25, 0.3) is 0 Å². The molecule has 5 nitrogen and oxygen atoms in total. The molecule has 29 heavy (non-hydrogen) atoms. The first-order valence-electron chi connectivity index (χ1n) is 9.29. The number of nitrogens with zero attached hydrogens (tertiary/aromatic N) is 1. The second kappa shape index (κ2) is 9.65. The third-order valence-corrected chi connectivity index (χ3v) is 4.81. The molecule has 1 aromatic heterocycles. The molecule has 0 amide bonds. The van der Waals surface area contributed by atoms with Crippen LogP contribution in [0.25, 0.3) is 23.1 Å². The number of hydrogen-bond donors (Lipinski definition) is 0. The lowest BCUT2D eigenvalue weighted by Crippen LogP contribution is -2.06. The van der Waals surface area contributed by atoms with E-state index in [9.17, 15) is 9.59 Å². The summed E-state index contributed by atoms with van der Waals surface area (Å²) in [5, 5.41) is 0.885. The fraction of sp³-hybridized carbons (Fsp3) is 0.174. The van der Waals surface area contributed by atoms with E-state index in [-0.39, 0.29) is 11.9 Å². The number of aromatic nitrogens is 1. The molecule has 0 aliphatic rings. The van der Waals surface area contributed by atoms with E-state index >= 15 is 0 Å². The molecule has 0 atom stereocenters. The van der Waals surface area contributed by atoms with Crippen molar-refractivity contribution < 1.29 is 19.1 Å². The first-order valence-corrected chi connectivity index (χ1v) is 10.4. The number of benzene rings is 2. The molecule has 0 spiro atoms. The van der Waals surface area contributed by atoms with Crippen LogP contribution in [0.1, 0.15) is 37.9 Å². The Morgan fingerprint density at radius 3 is 2.38 bits per heavy atom. The summed E-state index contributed by atoms with van der Waals surface area (Å²) in [5.74, 6) is 0.358. The summed E-state index contributed by atoms with van der Waals surface area (Å²) < 4.78 is 11.8. The van der Waals surface area contributed by atoms with Crippen LogP contribution >= 0.6 is 22.6 Å². The number of rotatable bonds is 6. The highest BCUT2D eigenvalue weighted by Gasteiger charge is 2.09. The van der Waals surface area contributed by atoms with E-state index < -0.39 is 0 Å². The largest absolute Gasteiger partial charge is 0.426 e. The molecule has 1 heterocycles. The van der Waals surface area contributed by atoms with Crippen molar-refractivity contribution in [2.75, 3.05) is 0 Å². The van der Waals surface area contributed by atoms with Gasteiger partial charge >= 0.3 is 11.9 Å². The van der Waals surface area contributed by atoms with Gasteiger partial charge < -0.3 is 9.47 Å². The minimum atomic E-state index is -0.304. The third-order valence-electron chi connectivity index (χ3n) is 4.14. The fourth-order valence-corrected chi connectivity index (χ4v) is 3.13. The lowest BCUT2D eigenvalue weighted by Gasteiger charge is -2.08. The van der Waals surface area contributed by atoms with Crippen molar-refractivity contribution >= 4 is 57.6 Å². The average molecular weight is 501 g/mol. The topological polar surface area (TPSA) is 65.5 Å². The Morgan fingerprint density at radius 1 is 0.931 bits per heavy atom. The van der Waals surface area contributed by atoms with Gasteiger partial charge in [-0.25, -0.2) is 4.98 Å². The molecule has 0 N–H and O–H groups in total. The molecule has 0 saturated heterocycles. The first kappa shape index (κ1) is 21.0. The predicted octanol–water partition coefficient (Wildman–Crippen LogP) is 5.64. The molecule has 6 heteroatoms. The minimum Gasteiger partial charge on any atom is -0.426 e. The zero-order chi connectivity index (χ0) is 20.8. The van der Waals surface area contributed by atoms with E-state index in [4.69, 9.17) is 9.47 Å². The summed E-state index contributed by atoms with van der Waals surface area (Å²) in [5.41, 5.74) is 2.10.